The summed E-state index contributed by atoms with van der Waals surface area (Å²) in [5.41, 5.74) is 6.27. The number of primary amides is 1. The van der Waals surface area contributed by atoms with Crippen molar-refractivity contribution >= 4 is 46.3 Å². The largest absolute Gasteiger partial charge is 0.480 e. The lowest BCUT2D eigenvalue weighted by Crippen LogP contribution is -2.46. The summed E-state index contributed by atoms with van der Waals surface area (Å²) in [5.74, 6) is -1.000. The highest BCUT2D eigenvalue weighted by molar-refractivity contribution is 5.97. The first-order valence-corrected chi connectivity index (χ1v) is 15.2. The normalized spacial score (nSPS) is 12.3. The molecular weight excluding hydrogens is 620 g/mol. The molecule has 3 amide bonds. The van der Waals surface area contributed by atoms with Gasteiger partial charge in [0.05, 0.1) is 17.4 Å². The molecule has 0 aliphatic heterocycles. The molecule has 14 nitrogen and oxygen atoms in total. The Hall–Kier alpha value is -5.71. The Morgan fingerprint density at radius 1 is 1.04 bits per heavy atom. The topological polar surface area (TPSA) is 214 Å². The SMILES string of the molecule is C#CCN(Cc1ccc2nc(C)[nH]c(=O)c2c1)c1ccc(C(=O)N[C@@H](CCC(=O)N[C@@H](CCC(N)=O)C(=O)O)C(=O)OC(C)(C)C)cc1. The van der Waals surface area contributed by atoms with Crippen molar-refractivity contribution in [2.24, 2.45) is 5.73 Å². The molecule has 0 unspecified atom stereocenters. The Labute approximate surface area is 277 Å². The minimum absolute atomic E-state index is 0.188. The van der Waals surface area contributed by atoms with E-state index in [2.05, 4.69) is 26.5 Å². The molecule has 6 N–H and O–H groups in total. The number of carbonyl (C=O) groups excluding carboxylic acids is 4. The van der Waals surface area contributed by atoms with Gasteiger partial charge in [-0.15, -0.1) is 6.42 Å². The third-order valence-corrected chi connectivity index (χ3v) is 7.01. The minimum Gasteiger partial charge on any atom is -0.480 e. The number of hydrogen-bond acceptors (Lipinski definition) is 9. The number of nitrogens with zero attached hydrogens (tertiary/aromatic N) is 2. The first-order chi connectivity index (χ1) is 22.6. The number of fused-ring (bicyclic) bond motifs is 1. The first-order valence-electron chi connectivity index (χ1n) is 15.2. The van der Waals surface area contributed by atoms with E-state index in [1.54, 1.807) is 64.1 Å². The summed E-state index contributed by atoms with van der Waals surface area (Å²) < 4.78 is 5.45. The van der Waals surface area contributed by atoms with E-state index in [0.29, 0.717) is 29.0 Å². The number of aryl methyl sites for hydroxylation is 1. The fourth-order valence-corrected chi connectivity index (χ4v) is 4.74. The molecule has 2 aromatic carbocycles. The number of amides is 3. The second-order valence-electron chi connectivity index (χ2n) is 12.2. The molecular formula is C34H40N6O8. The van der Waals surface area contributed by atoms with Crippen LogP contribution in [0.4, 0.5) is 5.69 Å². The predicted octanol–water partition coefficient (Wildman–Crippen LogP) is 1.93. The van der Waals surface area contributed by atoms with Crippen LogP contribution in [0.1, 0.15) is 68.2 Å². The van der Waals surface area contributed by atoms with Crippen LogP contribution in [0.5, 0.6) is 0 Å². The zero-order valence-electron chi connectivity index (χ0n) is 27.3. The molecule has 3 rings (SSSR count). The zero-order valence-corrected chi connectivity index (χ0v) is 27.3. The summed E-state index contributed by atoms with van der Waals surface area (Å²) in [5, 5.41) is 14.7. The third-order valence-electron chi connectivity index (χ3n) is 7.01. The molecule has 0 saturated heterocycles. The minimum atomic E-state index is -1.35. The molecule has 254 valence electrons. The molecule has 1 aromatic heterocycles. The number of aliphatic carboxylic acids is 1. The summed E-state index contributed by atoms with van der Waals surface area (Å²) >= 11 is 0. The predicted molar refractivity (Wildman–Crippen MR) is 178 cm³/mol. The molecule has 48 heavy (non-hydrogen) atoms. The third kappa shape index (κ3) is 11.0. The number of H-pyrrole nitrogens is 1. The van der Waals surface area contributed by atoms with Crippen LogP contribution in [-0.2, 0) is 30.5 Å². The van der Waals surface area contributed by atoms with Crippen LogP contribution in [0.2, 0.25) is 0 Å². The van der Waals surface area contributed by atoms with Gasteiger partial charge < -0.3 is 36.1 Å². The van der Waals surface area contributed by atoms with E-state index in [1.165, 1.54) is 0 Å². The Morgan fingerprint density at radius 2 is 1.71 bits per heavy atom. The highest BCUT2D eigenvalue weighted by Crippen LogP contribution is 2.20. The fraction of sp³-hybridized carbons (Fsp3) is 0.382. The number of anilines is 1. The van der Waals surface area contributed by atoms with Crippen molar-refractivity contribution in [2.45, 2.75) is 77.6 Å². The Kier molecular flexibility index (Phi) is 12.4. The zero-order chi connectivity index (χ0) is 35.6. The lowest BCUT2D eigenvalue weighted by molar-refractivity contribution is -0.157. The van der Waals surface area contributed by atoms with Crippen LogP contribution in [0, 0.1) is 19.3 Å². The van der Waals surface area contributed by atoms with E-state index in [9.17, 15) is 33.9 Å². The number of aromatic nitrogens is 2. The number of hydrogen-bond donors (Lipinski definition) is 5. The van der Waals surface area contributed by atoms with Crippen molar-refractivity contribution in [2.75, 3.05) is 11.4 Å². The van der Waals surface area contributed by atoms with Crippen molar-refractivity contribution in [3.63, 3.8) is 0 Å². The van der Waals surface area contributed by atoms with Crippen LogP contribution >= 0.6 is 0 Å². The second-order valence-corrected chi connectivity index (χ2v) is 12.2. The van der Waals surface area contributed by atoms with Crippen LogP contribution in [0.15, 0.2) is 47.3 Å². The maximum Gasteiger partial charge on any atom is 0.329 e. The standard InChI is InChI=1S/C34H40N6O8/c1-6-17-40(19-21-7-12-25-24(18-21)31(44)37-20(2)36-25)23-10-8-22(9-11-23)30(43)39-27(33(47)48-34(3,4)5)14-16-29(42)38-26(32(45)46)13-15-28(35)41/h1,7-12,18,26-27H,13-17,19H2,2-5H3,(H2,35,41)(H,38,42)(H,39,43)(H,45,46)(H,36,37,44)/t26-,27-/m0/s1. The maximum absolute atomic E-state index is 13.2. The quantitative estimate of drug-likeness (QED) is 0.118. The molecule has 3 aromatic rings. The summed E-state index contributed by atoms with van der Waals surface area (Å²) in [7, 11) is 0. The van der Waals surface area contributed by atoms with Crippen molar-refractivity contribution in [1.82, 2.24) is 20.6 Å². The van der Waals surface area contributed by atoms with E-state index in [4.69, 9.17) is 16.9 Å². The van der Waals surface area contributed by atoms with Gasteiger partial charge in [0, 0.05) is 30.6 Å². The van der Waals surface area contributed by atoms with Gasteiger partial charge in [-0.3, -0.25) is 19.2 Å². The number of carboxylic acids is 1. The summed E-state index contributed by atoms with van der Waals surface area (Å²) in [6.45, 7) is 7.27. The van der Waals surface area contributed by atoms with Crippen LogP contribution in [0.3, 0.4) is 0 Å². The molecule has 0 fully saturated rings. The highest BCUT2D eigenvalue weighted by atomic mass is 16.6. The molecule has 0 spiro atoms. The fourth-order valence-electron chi connectivity index (χ4n) is 4.74. The number of nitrogens with one attached hydrogen (secondary N) is 3. The molecule has 0 saturated carbocycles. The number of nitrogens with two attached hydrogens (primary N) is 1. The Bertz CT molecular complexity index is 1770. The first kappa shape index (κ1) is 36.8. The average Bonchev–Trinajstić information content (AvgIpc) is 3.00. The van der Waals surface area contributed by atoms with Gasteiger partial charge in [0.1, 0.15) is 23.5 Å². The number of rotatable bonds is 15. The van der Waals surface area contributed by atoms with Gasteiger partial charge in [-0.05, 0) is 82.5 Å². The van der Waals surface area contributed by atoms with Gasteiger partial charge in [0.2, 0.25) is 11.8 Å². The molecule has 0 aliphatic rings. The molecule has 0 aliphatic carbocycles. The van der Waals surface area contributed by atoms with Gasteiger partial charge in [-0.25, -0.2) is 14.6 Å². The lowest BCUT2D eigenvalue weighted by atomic mass is 10.1. The van der Waals surface area contributed by atoms with E-state index in [1.807, 2.05) is 11.0 Å². The Morgan fingerprint density at radius 3 is 2.31 bits per heavy atom. The van der Waals surface area contributed by atoms with E-state index >= 15 is 0 Å². The van der Waals surface area contributed by atoms with Crippen molar-refractivity contribution in [1.29, 1.82) is 0 Å². The van der Waals surface area contributed by atoms with Crippen molar-refractivity contribution < 1.29 is 33.8 Å². The summed E-state index contributed by atoms with van der Waals surface area (Å²) in [6.07, 6.45) is 4.69. The number of terminal acetylenes is 1. The number of aromatic amines is 1. The monoisotopic (exact) mass is 660 g/mol. The molecule has 0 radical (unpaired) electrons. The number of benzene rings is 2. The van der Waals surface area contributed by atoms with Gasteiger partial charge in [-0.1, -0.05) is 12.0 Å². The molecule has 1 heterocycles. The summed E-state index contributed by atoms with van der Waals surface area (Å²) in [6, 6.07) is 9.31. The van der Waals surface area contributed by atoms with Gasteiger partial charge in [0.15, 0.2) is 0 Å². The molecule has 14 heteroatoms. The number of carbonyl (C=O) groups is 5. The van der Waals surface area contributed by atoms with Crippen LogP contribution in [-0.4, -0.2) is 69.0 Å². The summed E-state index contributed by atoms with van der Waals surface area (Å²) in [4.78, 5) is 82.7. The van der Waals surface area contributed by atoms with Crippen LogP contribution in [0.25, 0.3) is 10.9 Å². The molecule has 0 bridgehead atoms. The number of carboxylic acid groups (broad SMARTS) is 1. The number of ether oxygens (including phenoxy) is 1. The van der Waals surface area contributed by atoms with E-state index in [-0.39, 0.29) is 43.4 Å². The van der Waals surface area contributed by atoms with Crippen molar-refractivity contribution in [3.8, 4) is 12.3 Å². The van der Waals surface area contributed by atoms with Gasteiger partial charge >= 0.3 is 11.9 Å². The number of esters is 1. The van der Waals surface area contributed by atoms with Crippen LogP contribution < -0.4 is 26.8 Å². The van der Waals surface area contributed by atoms with Crippen molar-refractivity contribution in [3.05, 3.63) is 69.8 Å². The highest BCUT2D eigenvalue weighted by Gasteiger charge is 2.29. The van der Waals surface area contributed by atoms with E-state index < -0.39 is 47.3 Å². The lowest BCUT2D eigenvalue weighted by Gasteiger charge is -2.25. The Balaban J connectivity index is 1.73. The van der Waals surface area contributed by atoms with E-state index in [0.717, 1.165) is 5.56 Å². The maximum atomic E-state index is 13.2. The second kappa shape index (κ2) is 16.2. The smallest absolute Gasteiger partial charge is 0.329 e. The van der Waals surface area contributed by atoms with Gasteiger partial charge in [0.25, 0.3) is 11.5 Å². The molecule has 2 atom stereocenters. The van der Waals surface area contributed by atoms with Gasteiger partial charge in [-0.2, -0.15) is 0 Å². The average molecular weight is 661 g/mol.